The second kappa shape index (κ2) is 4.97. The summed E-state index contributed by atoms with van der Waals surface area (Å²) in [7, 11) is 0. The quantitative estimate of drug-likeness (QED) is 0.879. The van der Waals surface area contributed by atoms with Crippen LogP contribution < -0.4 is 0 Å². The van der Waals surface area contributed by atoms with Crippen molar-refractivity contribution in [1.29, 1.82) is 0 Å². The summed E-state index contributed by atoms with van der Waals surface area (Å²) in [5.41, 5.74) is 1.11. The molecule has 0 aliphatic carbocycles. The van der Waals surface area contributed by atoms with E-state index in [1.54, 1.807) is 0 Å². The molecule has 2 bridgehead atoms. The Hall–Kier alpha value is -0.940. The topological polar surface area (TPSA) is 47.9 Å². The van der Waals surface area contributed by atoms with Crippen LogP contribution in [0.4, 0.5) is 0 Å². The number of aliphatic hydroxyl groups excluding tert-OH is 1. The lowest BCUT2D eigenvalue weighted by atomic mass is 9.94. The Bertz CT molecular complexity index is 378. The standard InChI is InChI=1S/C14H18O4/c1-9-13(12(15)11-8-17-14(9)18-11)16-7-10-5-3-2-4-6-10/h2-6,9,11-15H,7-8H2,1H3/t9-,11+,12+,13-,14+/m0/s1. The molecule has 2 aliphatic heterocycles. The van der Waals surface area contributed by atoms with Gasteiger partial charge in [0.1, 0.15) is 12.2 Å². The van der Waals surface area contributed by atoms with Gasteiger partial charge in [0.2, 0.25) is 0 Å². The molecule has 0 unspecified atom stereocenters. The zero-order valence-electron chi connectivity index (χ0n) is 10.4. The van der Waals surface area contributed by atoms with Crippen LogP contribution in [0.5, 0.6) is 0 Å². The molecule has 0 aromatic heterocycles. The van der Waals surface area contributed by atoms with Gasteiger partial charge in [-0.05, 0) is 5.56 Å². The number of rotatable bonds is 3. The lowest BCUT2D eigenvalue weighted by molar-refractivity contribution is -0.215. The summed E-state index contributed by atoms with van der Waals surface area (Å²) in [4.78, 5) is 0. The first-order chi connectivity index (χ1) is 8.75. The van der Waals surface area contributed by atoms with Crippen molar-refractivity contribution in [2.24, 2.45) is 5.92 Å². The lowest BCUT2D eigenvalue weighted by Gasteiger charge is -2.36. The van der Waals surface area contributed by atoms with Gasteiger partial charge in [0.05, 0.1) is 19.3 Å². The Kier molecular flexibility index (Phi) is 3.35. The number of fused-ring (bicyclic) bond motifs is 2. The lowest BCUT2D eigenvalue weighted by Crippen LogP contribution is -2.50. The zero-order valence-corrected chi connectivity index (χ0v) is 10.4. The van der Waals surface area contributed by atoms with Gasteiger partial charge in [0.15, 0.2) is 6.29 Å². The van der Waals surface area contributed by atoms with Crippen LogP contribution in [-0.4, -0.2) is 36.3 Å². The first kappa shape index (κ1) is 12.1. The van der Waals surface area contributed by atoms with Crippen molar-refractivity contribution in [3.8, 4) is 0 Å². The number of ether oxygens (including phenoxy) is 3. The van der Waals surface area contributed by atoms with Crippen molar-refractivity contribution in [2.75, 3.05) is 6.61 Å². The average molecular weight is 250 g/mol. The molecule has 4 heteroatoms. The van der Waals surface area contributed by atoms with E-state index in [0.29, 0.717) is 13.2 Å². The molecule has 0 amide bonds. The van der Waals surface area contributed by atoms with E-state index < -0.39 is 6.10 Å². The first-order valence-electron chi connectivity index (χ1n) is 6.36. The Labute approximate surface area is 106 Å². The molecule has 4 nitrogen and oxygen atoms in total. The van der Waals surface area contributed by atoms with Crippen LogP contribution in [-0.2, 0) is 20.8 Å². The van der Waals surface area contributed by atoms with Crippen LogP contribution in [0.15, 0.2) is 30.3 Å². The first-order valence-corrected chi connectivity index (χ1v) is 6.36. The van der Waals surface area contributed by atoms with E-state index in [2.05, 4.69) is 0 Å². The summed E-state index contributed by atoms with van der Waals surface area (Å²) in [5.74, 6) is 0.0439. The molecular formula is C14H18O4. The second-order valence-corrected chi connectivity index (χ2v) is 4.99. The molecule has 18 heavy (non-hydrogen) atoms. The number of aliphatic hydroxyl groups is 1. The molecule has 0 spiro atoms. The summed E-state index contributed by atoms with van der Waals surface area (Å²) in [6, 6.07) is 9.97. The Morgan fingerprint density at radius 2 is 2.11 bits per heavy atom. The van der Waals surface area contributed by atoms with E-state index in [1.807, 2.05) is 37.3 Å². The predicted molar refractivity (Wildman–Crippen MR) is 64.8 cm³/mol. The van der Waals surface area contributed by atoms with E-state index in [0.717, 1.165) is 5.56 Å². The van der Waals surface area contributed by atoms with Crippen LogP contribution in [0.2, 0.25) is 0 Å². The maximum Gasteiger partial charge on any atom is 0.163 e. The predicted octanol–water partition coefficient (Wildman–Crippen LogP) is 1.32. The largest absolute Gasteiger partial charge is 0.388 e. The molecule has 1 N–H and O–H groups in total. The van der Waals surface area contributed by atoms with Crippen molar-refractivity contribution in [3.05, 3.63) is 35.9 Å². The van der Waals surface area contributed by atoms with Crippen LogP contribution in [0.3, 0.4) is 0 Å². The fourth-order valence-corrected chi connectivity index (χ4v) is 2.59. The Morgan fingerprint density at radius 3 is 2.89 bits per heavy atom. The minimum absolute atomic E-state index is 0.0439. The van der Waals surface area contributed by atoms with Gasteiger partial charge in [-0.25, -0.2) is 0 Å². The molecule has 1 aromatic carbocycles. The summed E-state index contributed by atoms with van der Waals surface area (Å²) < 4.78 is 16.9. The van der Waals surface area contributed by atoms with Crippen LogP contribution >= 0.6 is 0 Å². The Balaban J connectivity index is 1.65. The SMILES string of the molecule is C[C@@H]1[C@@H]2OC[C@@H](O2)[C@@H](O)[C@H]1OCc1ccccc1. The highest BCUT2D eigenvalue weighted by atomic mass is 16.7. The maximum absolute atomic E-state index is 10.2. The number of benzene rings is 1. The summed E-state index contributed by atoms with van der Waals surface area (Å²) in [5, 5.41) is 10.2. The molecule has 98 valence electrons. The monoisotopic (exact) mass is 250 g/mol. The van der Waals surface area contributed by atoms with E-state index >= 15 is 0 Å². The molecule has 0 saturated carbocycles. The third-order valence-electron chi connectivity index (χ3n) is 3.68. The normalized spacial score (nSPS) is 38.9. The average Bonchev–Trinajstić information content (AvgIpc) is 2.85. The van der Waals surface area contributed by atoms with Gasteiger partial charge >= 0.3 is 0 Å². The highest BCUT2D eigenvalue weighted by Gasteiger charge is 2.48. The molecule has 2 aliphatic rings. The molecule has 5 atom stereocenters. The van der Waals surface area contributed by atoms with Crippen molar-refractivity contribution in [2.45, 2.75) is 38.1 Å². The molecule has 0 radical (unpaired) electrons. The van der Waals surface area contributed by atoms with Gasteiger partial charge < -0.3 is 19.3 Å². The van der Waals surface area contributed by atoms with Crippen molar-refractivity contribution < 1.29 is 19.3 Å². The molecular weight excluding hydrogens is 232 g/mol. The van der Waals surface area contributed by atoms with Crippen LogP contribution in [0.25, 0.3) is 0 Å². The minimum Gasteiger partial charge on any atom is -0.388 e. The highest BCUT2D eigenvalue weighted by molar-refractivity contribution is 5.13. The molecule has 2 saturated heterocycles. The van der Waals surface area contributed by atoms with Gasteiger partial charge in [-0.2, -0.15) is 0 Å². The smallest absolute Gasteiger partial charge is 0.163 e. The highest BCUT2D eigenvalue weighted by Crippen LogP contribution is 2.34. The van der Waals surface area contributed by atoms with Crippen molar-refractivity contribution >= 4 is 0 Å². The zero-order chi connectivity index (χ0) is 12.5. The summed E-state index contributed by atoms with van der Waals surface area (Å²) in [6.07, 6.45) is -1.31. The van der Waals surface area contributed by atoms with Gasteiger partial charge in [-0.3, -0.25) is 0 Å². The van der Waals surface area contributed by atoms with E-state index in [1.165, 1.54) is 0 Å². The summed E-state index contributed by atoms with van der Waals surface area (Å²) >= 11 is 0. The molecule has 2 heterocycles. The minimum atomic E-state index is -0.609. The van der Waals surface area contributed by atoms with Gasteiger partial charge in [0, 0.05) is 5.92 Å². The van der Waals surface area contributed by atoms with Crippen molar-refractivity contribution in [3.63, 3.8) is 0 Å². The van der Waals surface area contributed by atoms with Gasteiger partial charge in [-0.1, -0.05) is 37.3 Å². The molecule has 1 aromatic rings. The molecule has 2 fully saturated rings. The summed E-state index contributed by atoms with van der Waals surface area (Å²) in [6.45, 7) is 2.96. The van der Waals surface area contributed by atoms with Gasteiger partial charge in [-0.15, -0.1) is 0 Å². The third kappa shape index (κ3) is 2.17. The third-order valence-corrected chi connectivity index (χ3v) is 3.68. The van der Waals surface area contributed by atoms with Crippen LogP contribution in [0, 0.1) is 5.92 Å². The van der Waals surface area contributed by atoms with E-state index in [4.69, 9.17) is 14.2 Å². The number of hydrogen-bond donors (Lipinski definition) is 1. The van der Waals surface area contributed by atoms with Crippen molar-refractivity contribution in [1.82, 2.24) is 0 Å². The Morgan fingerprint density at radius 1 is 1.33 bits per heavy atom. The van der Waals surface area contributed by atoms with E-state index in [9.17, 15) is 5.11 Å². The van der Waals surface area contributed by atoms with E-state index in [-0.39, 0.29) is 24.4 Å². The molecule has 3 rings (SSSR count). The fraction of sp³-hybridized carbons (Fsp3) is 0.571. The number of hydrogen-bond acceptors (Lipinski definition) is 4. The fourth-order valence-electron chi connectivity index (χ4n) is 2.59. The second-order valence-electron chi connectivity index (χ2n) is 4.99. The van der Waals surface area contributed by atoms with Gasteiger partial charge in [0.25, 0.3) is 0 Å². The van der Waals surface area contributed by atoms with Crippen LogP contribution in [0.1, 0.15) is 12.5 Å². The maximum atomic E-state index is 10.2.